The molecule has 8 nitrogen and oxygen atoms in total. The Kier molecular flexibility index (Phi) is 8.45. The fraction of sp³-hybridized carbons (Fsp3) is 0.333. The first-order valence-electron chi connectivity index (χ1n) is 9.10. The SMILES string of the molecule is COc1cc(C(O)C(O)CCNC(=O)OCc2ccccc2)ccc1CC(=O)O. The normalized spacial score (nSPS) is 12.7. The van der Waals surface area contributed by atoms with E-state index in [1.165, 1.54) is 25.3 Å². The molecule has 0 saturated carbocycles. The number of aliphatic carboxylic acids is 1. The zero-order valence-corrected chi connectivity index (χ0v) is 16.1. The number of hydrogen-bond acceptors (Lipinski definition) is 6. The van der Waals surface area contributed by atoms with Crippen LogP contribution in [-0.2, 0) is 22.6 Å². The van der Waals surface area contributed by atoms with E-state index >= 15 is 0 Å². The number of carbonyl (C=O) groups is 2. The molecular weight excluding hydrogens is 378 g/mol. The van der Waals surface area contributed by atoms with Crippen molar-refractivity contribution in [3.8, 4) is 5.75 Å². The molecule has 0 spiro atoms. The van der Waals surface area contributed by atoms with Crippen LogP contribution in [0.2, 0.25) is 0 Å². The number of nitrogens with one attached hydrogen (secondary N) is 1. The Morgan fingerprint density at radius 2 is 1.83 bits per heavy atom. The van der Waals surface area contributed by atoms with E-state index in [0.717, 1.165) is 5.56 Å². The molecule has 8 heteroatoms. The van der Waals surface area contributed by atoms with Gasteiger partial charge in [0.2, 0.25) is 0 Å². The van der Waals surface area contributed by atoms with Crippen LogP contribution in [0.25, 0.3) is 0 Å². The number of hydrogen-bond donors (Lipinski definition) is 4. The summed E-state index contributed by atoms with van der Waals surface area (Å²) in [6, 6.07) is 13.8. The number of benzene rings is 2. The lowest BCUT2D eigenvalue weighted by Crippen LogP contribution is -2.29. The van der Waals surface area contributed by atoms with Crippen LogP contribution in [0.5, 0.6) is 5.75 Å². The minimum Gasteiger partial charge on any atom is -0.496 e. The van der Waals surface area contributed by atoms with E-state index in [4.69, 9.17) is 14.6 Å². The molecule has 2 unspecified atom stereocenters. The summed E-state index contributed by atoms with van der Waals surface area (Å²) in [7, 11) is 1.40. The lowest BCUT2D eigenvalue weighted by atomic mass is 9.99. The lowest BCUT2D eigenvalue weighted by molar-refractivity contribution is -0.136. The number of amides is 1. The molecule has 29 heavy (non-hydrogen) atoms. The Labute approximate surface area is 168 Å². The van der Waals surface area contributed by atoms with Crippen LogP contribution in [0, 0.1) is 0 Å². The van der Waals surface area contributed by atoms with Crippen LogP contribution in [0.3, 0.4) is 0 Å². The maximum Gasteiger partial charge on any atom is 0.407 e. The highest BCUT2D eigenvalue weighted by Crippen LogP contribution is 2.26. The van der Waals surface area contributed by atoms with E-state index in [1.54, 1.807) is 0 Å². The van der Waals surface area contributed by atoms with E-state index in [1.807, 2.05) is 30.3 Å². The molecule has 0 heterocycles. The number of alkyl carbamates (subject to hydrolysis) is 1. The molecule has 2 aromatic carbocycles. The highest BCUT2D eigenvalue weighted by molar-refractivity contribution is 5.71. The standard InChI is InChI=1S/C21H25NO7/c1-28-18-11-16(8-7-15(18)12-19(24)25)20(26)17(23)9-10-22-21(27)29-13-14-5-3-2-4-6-14/h2-8,11,17,20,23,26H,9-10,12-13H2,1H3,(H,22,27)(H,24,25). The molecule has 0 saturated heterocycles. The Balaban J connectivity index is 1.81. The molecule has 0 aliphatic carbocycles. The Bertz CT molecular complexity index is 810. The van der Waals surface area contributed by atoms with Crippen LogP contribution < -0.4 is 10.1 Å². The molecule has 4 N–H and O–H groups in total. The van der Waals surface area contributed by atoms with Crippen molar-refractivity contribution in [2.24, 2.45) is 0 Å². The van der Waals surface area contributed by atoms with Gasteiger partial charge in [0.25, 0.3) is 0 Å². The molecule has 0 aliphatic heterocycles. The molecule has 2 atom stereocenters. The van der Waals surface area contributed by atoms with Crippen LogP contribution >= 0.6 is 0 Å². The second kappa shape index (κ2) is 11.0. The number of carboxylic acid groups (broad SMARTS) is 1. The first-order valence-corrected chi connectivity index (χ1v) is 9.10. The van der Waals surface area contributed by atoms with Crippen molar-refractivity contribution in [1.82, 2.24) is 5.32 Å². The molecule has 156 valence electrons. The monoisotopic (exact) mass is 403 g/mol. The zero-order valence-electron chi connectivity index (χ0n) is 16.1. The van der Waals surface area contributed by atoms with Crippen molar-refractivity contribution in [3.63, 3.8) is 0 Å². The van der Waals surface area contributed by atoms with Crippen molar-refractivity contribution in [2.75, 3.05) is 13.7 Å². The third-order valence-electron chi connectivity index (χ3n) is 4.28. The topological polar surface area (TPSA) is 125 Å². The second-order valence-electron chi connectivity index (χ2n) is 6.43. The van der Waals surface area contributed by atoms with Crippen molar-refractivity contribution >= 4 is 12.1 Å². The molecule has 0 bridgehead atoms. The van der Waals surface area contributed by atoms with Gasteiger partial charge in [-0.2, -0.15) is 0 Å². The van der Waals surface area contributed by atoms with Crippen molar-refractivity contribution in [1.29, 1.82) is 0 Å². The molecule has 0 radical (unpaired) electrons. The second-order valence-corrected chi connectivity index (χ2v) is 6.43. The lowest BCUT2D eigenvalue weighted by Gasteiger charge is -2.19. The fourth-order valence-electron chi connectivity index (χ4n) is 2.73. The molecule has 2 rings (SSSR count). The van der Waals surface area contributed by atoms with Crippen molar-refractivity contribution in [2.45, 2.75) is 31.7 Å². The van der Waals surface area contributed by atoms with E-state index in [9.17, 15) is 19.8 Å². The fourth-order valence-corrected chi connectivity index (χ4v) is 2.73. The van der Waals surface area contributed by atoms with Gasteiger partial charge >= 0.3 is 12.1 Å². The summed E-state index contributed by atoms with van der Waals surface area (Å²) in [5.74, 6) is -0.680. The number of rotatable bonds is 10. The largest absolute Gasteiger partial charge is 0.496 e. The minimum absolute atomic E-state index is 0.0980. The number of carboxylic acids is 1. The smallest absolute Gasteiger partial charge is 0.407 e. The first kappa shape index (κ1) is 22.2. The van der Waals surface area contributed by atoms with E-state index in [2.05, 4.69) is 5.32 Å². The predicted molar refractivity (Wildman–Crippen MR) is 105 cm³/mol. The third kappa shape index (κ3) is 7.10. The summed E-state index contributed by atoms with van der Waals surface area (Å²) < 4.78 is 10.2. The Morgan fingerprint density at radius 1 is 1.10 bits per heavy atom. The number of ether oxygens (including phenoxy) is 2. The predicted octanol–water partition coefficient (Wildman–Crippen LogP) is 2.03. The van der Waals surface area contributed by atoms with Crippen LogP contribution in [0.4, 0.5) is 4.79 Å². The molecule has 0 fully saturated rings. The maximum absolute atomic E-state index is 11.7. The van der Waals surface area contributed by atoms with Gasteiger partial charge in [-0.05, 0) is 23.6 Å². The average molecular weight is 403 g/mol. The van der Waals surface area contributed by atoms with Crippen LogP contribution in [-0.4, -0.2) is 47.1 Å². The summed E-state index contributed by atoms with van der Waals surface area (Å²) in [4.78, 5) is 22.6. The van der Waals surface area contributed by atoms with Gasteiger partial charge in [0.1, 0.15) is 18.5 Å². The van der Waals surface area contributed by atoms with Gasteiger partial charge in [0, 0.05) is 12.1 Å². The molecule has 0 aromatic heterocycles. The minimum atomic E-state index is -1.22. The Hall–Kier alpha value is -3.10. The van der Waals surface area contributed by atoms with Gasteiger partial charge in [-0.15, -0.1) is 0 Å². The third-order valence-corrected chi connectivity index (χ3v) is 4.28. The van der Waals surface area contributed by atoms with Crippen LogP contribution in [0.1, 0.15) is 29.2 Å². The molecular formula is C21H25NO7. The average Bonchev–Trinajstić information content (AvgIpc) is 2.72. The first-order chi connectivity index (χ1) is 13.9. The molecule has 2 aromatic rings. The summed E-state index contributed by atoms with van der Waals surface area (Å²) in [5.41, 5.74) is 1.71. The van der Waals surface area contributed by atoms with Gasteiger partial charge in [-0.1, -0.05) is 42.5 Å². The summed E-state index contributed by atoms with van der Waals surface area (Å²) in [6.45, 7) is 0.250. The van der Waals surface area contributed by atoms with E-state index < -0.39 is 24.3 Å². The van der Waals surface area contributed by atoms with Crippen molar-refractivity contribution in [3.05, 3.63) is 65.2 Å². The highest BCUT2D eigenvalue weighted by atomic mass is 16.5. The summed E-state index contributed by atoms with van der Waals surface area (Å²) >= 11 is 0. The quantitative estimate of drug-likeness (QED) is 0.478. The van der Waals surface area contributed by atoms with Gasteiger partial charge in [0.15, 0.2) is 0 Å². The number of methoxy groups -OCH3 is 1. The van der Waals surface area contributed by atoms with Gasteiger partial charge < -0.3 is 30.1 Å². The van der Waals surface area contributed by atoms with Gasteiger partial charge in [-0.25, -0.2) is 4.79 Å². The van der Waals surface area contributed by atoms with Gasteiger partial charge in [0.05, 0.1) is 19.6 Å². The Morgan fingerprint density at radius 3 is 2.48 bits per heavy atom. The van der Waals surface area contributed by atoms with Gasteiger partial charge in [-0.3, -0.25) is 4.79 Å². The van der Waals surface area contributed by atoms with E-state index in [-0.39, 0.29) is 26.0 Å². The highest BCUT2D eigenvalue weighted by Gasteiger charge is 2.20. The maximum atomic E-state index is 11.7. The zero-order chi connectivity index (χ0) is 21.2. The summed E-state index contributed by atoms with van der Waals surface area (Å²) in [6.07, 6.45) is -3.09. The number of aliphatic hydroxyl groups is 2. The number of aliphatic hydroxyl groups excluding tert-OH is 2. The molecule has 0 aliphatic rings. The number of carbonyl (C=O) groups excluding carboxylic acids is 1. The summed E-state index contributed by atoms with van der Waals surface area (Å²) in [5, 5.41) is 32.0. The van der Waals surface area contributed by atoms with Crippen LogP contribution in [0.15, 0.2) is 48.5 Å². The van der Waals surface area contributed by atoms with Crippen molar-refractivity contribution < 1.29 is 34.4 Å². The van der Waals surface area contributed by atoms with E-state index in [0.29, 0.717) is 16.9 Å². The molecule has 1 amide bonds.